The molecule has 0 radical (unpaired) electrons. The predicted molar refractivity (Wildman–Crippen MR) is 67.6 cm³/mol. The van der Waals surface area contributed by atoms with Gasteiger partial charge in [0.25, 0.3) is 17.8 Å². The van der Waals surface area contributed by atoms with Crippen LogP contribution in [0.5, 0.6) is 0 Å². The summed E-state index contributed by atoms with van der Waals surface area (Å²) in [5.41, 5.74) is 0. The van der Waals surface area contributed by atoms with E-state index in [1.54, 1.807) is 13.8 Å². The third kappa shape index (κ3) is 9.48. The molecule has 122 valence electrons. The van der Waals surface area contributed by atoms with Crippen molar-refractivity contribution in [3.05, 3.63) is 0 Å². The van der Waals surface area contributed by atoms with Crippen molar-refractivity contribution >= 4 is 0 Å². The van der Waals surface area contributed by atoms with Gasteiger partial charge in [-0.2, -0.15) is 0 Å². The van der Waals surface area contributed by atoms with Gasteiger partial charge in [-0.25, -0.2) is 26.3 Å². The molecule has 0 rings (SSSR count). The monoisotopic (exact) mass is 306 g/mol. The molecule has 0 amide bonds. The molecule has 20 heavy (non-hydrogen) atoms. The number of rotatable bonds is 9. The van der Waals surface area contributed by atoms with E-state index in [9.17, 15) is 26.3 Å². The second kappa shape index (κ2) is 7.03. The van der Waals surface area contributed by atoms with E-state index in [4.69, 9.17) is 0 Å². The quantitative estimate of drug-likeness (QED) is 0.448. The van der Waals surface area contributed by atoms with Crippen LogP contribution in [0.2, 0.25) is 0 Å². The van der Waals surface area contributed by atoms with E-state index in [0.717, 1.165) is 0 Å². The van der Waals surface area contributed by atoms with E-state index < -0.39 is 49.4 Å². The van der Waals surface area contributed by atoms with Gasteiger partial charge in [0, 0.05) is 12.8 Å². The maximum Gasteiger partial charge on any atom is 0.259 e. The summed E-state index contributed by atoms with van der Waals surface area (Å²) >= 11 is 0. The lowest BCUT2D eigenvalue weighted by atomic mass is 9.94. The molecule has 0 aliphatic rings. The SMILES string of the molecule is CC(C)CCC(F)(F)CC(F)(F)CC(F)(F)CC(C)C. The Kier molecular flexibility index (Phi) is 6.88. The molecule has 0 aliphatic heterocycles. The zero-order valence-corrected chi connectivity index (χ0v) is 12.5. The van der Waals surface area contributed by atoms with Gasteiger partial charge in [0.1, 0.15) is 0 Å². The molecule has 0 saturated heterocycles. The van der Waals surface area contributed by atoms with E-state index in [0.29, 0.717) is 0 Å². The molecule has 0 aromatic rings. The molecule has 0 atom stereocenters. The molecule has 6 heteroatoms. The Balaban J connectivity index is 4.56. The van der Waals surface area contributed by atoms with Crippen LogP contribution in [0.3, 0.4) is 0 Å². The Morgan fingerprint density at radius 3 is 1.50 bits per heavy atom. The molecule has 0 saturated carbocycles. The first-order chi connectivity index (χ1) is 8.75. The second-order valence-electron chi connectivity index (χ2n) is 6.45. The molecular weight excluding hydrogens is 282 g/mol. The van der Waals surface area contributed by atoms with E-state index in [1.165, 1.54) is 13.8 Å². The molecule has 0 aromatic carbocycles. The second-order valence-corrected chi connectivity index (χ2v) is 6.45. The largest absolute Gasteiger partial charge is 0.259 e. The van der Waals surface area contributed by atoms with Crippen molar-refractivity contribution in [3.8, 4) is 0 Å². The summed E-state index contributed by atoms with van der Waals surface area (Å²) in [5.74, 6) is -11.8. The fraction of sp³-hybridized carbons (Fsp3) is 1.00. The van der Waals surface area contributed by atoms with Gasteiger partial charge in [-0.15, -0.1) is 0 Å². The summed E-state index contributed by atoms with van der Waals surface area (Å²) in [6.45, 7) is 6.35. The van der Waals surface area contributed by atoms with Crippen molar-refractivity contribution in [1.82, 2.24) is 0 Å². The lowest BCUT2D eigenvalue weighted by Crippen LogP contribution is -2.35. The average molecular weight is 306 g/mol. The first kappa shape index (κ1) is 19.6. The van der Waals surface area contributed by atoms with Gasteiger partial charge in [0.15, 0.2) is 0 Å². The van der Waals surface area contributed by atoms with Crippen LogP contribution >= 0.6 is 0 Å². The van der Waals surface area contributed by atoms with Crippen molar-refractivity contribution in [2.45, 2.75) is 77.6 Å². The minimum absolute atomic E-state index is 0.0446. The van der Waals surface area contributed by atoms with Crippen molar-refractivity contribution in [1.29, 1.82) is 0 Å². The Morgan fingerprint density at radius 1 is 0.650 bits per heavy atom. The number of hydrogen-bond acceptors (Lipinski definition) is 0. The maximum atomic E-state index is 13.4. The van der Waals surface area contributed by atoms with Crippen LogP contribution in [-0.2, 0) is 0 Å². The molecule has 0 aromatic heterocycles. The molecular formula is C14H24F6. The van der Waals surface area contributed by atoms with Crippen molar-refractivity contribution in [3.63, 3.8) is 0 Å². The van der Waals surface area contributed by atoms with Crippen LogP contribution in [-0.4, -0.2) is 17.8 Å². The molecule has 0 aliphatic carbocycles. The van der Waals surface area contributed by atoms with Crippen LogP contribution in [0.25, 0.3) is 0 Å². The molecule has 0 fully saturated rings. The zero-order valence-electron chi connectivity index (χ0n) is 12.5. The third-order valence-corrected chi connectivity index (χ3v) is 2.83. The maximum absolute atomic E-state index is 13.4. The van der Waals surface area contributed by atoms with Crippen molar-refractivity contribution in [2.75, 3.05) is 0 Å². The van der Waals surface area contributed by atoms with Crippen LogP contribution in [0, 0.1) is 11.8 Å². The molecule has 0 nitrogen and oxygen atoms in total. The van der Waals surface area contributed by atoms with E-state index in [1.807, 2.05) is 0 Å². The van der Waals surface area contributed by atoms with Crippen molar-refractivity contribution in [2.24, 2.45) is 11.8 Å². The summed E-state index contributed by atoms with van der Waals surface area (Å²) in [6.07, 6.45) is -4.95. The number of halogens is 6. The first-order valence-corrected chi connectivity index (χ1v) is 6.88. The fourth-order valence-electron chi connectivity index (χ4n) is 2.08. The summed E-state index contributed by atoms with van der Waals surface area (Å²) < 4.78 is 80.3. The van der Waals surface area contributed by atoms with Gasteiger partial charge >= 0.3 is 0 Å². The molecule has 0 unspecified atom stereocenters. The average Bonchev–Trinajstić information content (AvgIpc) is 2.08. The topological polar surface area (TPSA) is 0 Å². The fourth-order valence-corrected chi connectivity index (χ4v) is 2.08. The van der Waals surface area contributed by atoms with Crippen LogP contribution in [0.15, 0.2) is 0 Å². The van der Waals surface area contributed by atoms with Crippen LogP contribution < -0.4 is 0 Å². The minimum Gasteiger partial charge on any atom is -0.207 e. The van der Waals surface area contributed by atoms with Crippen molar-refractivity contribution < 1.29 is 26.3 Å². The summed E-state index contributed by atoms with van der Waals surface area (Å²) in [7, 11) is 0. The van der Waals surface area contributed by atoms with Gasteiger partial charge in [-0.1, -0.05) is 27.7 Å². The Morgan fingerprint density at radius 2 is 1.10 bits per heavy atom. The zero-order chi connectivity index (χ0) is 16.2. The summed E-state index contributed by atoms with van der Waals surface area (Å²) in [5, 5.41) is 0. The normalized spacial score (nSPS) is 14.4. The first-order valence-electron chi connectivity index (χ1n) is 6.88. The Hall–Kier alpha value is -0.420. The number of hydrogen-bond donors (Lipinski definition) is 0. The Labute approximate surface area is 116 Å². The lowest BCUT2D eigenvalue weighted by Gasteiger charge is -2.27. The van der Waals surface area contributed by atoms with Gasteiger partial charge in [0.2, 0.25) is 0 Å². The van der Waals surface area contributed by atoms with Crippen LogP contribution in [0.1, 0.15) is 59.8 Å². The summed E-state index contributed by atoms with van der Waals surface area (Å²) in [6, 6.07) is 0. The highest BCUT2D eigenvalue weighted by atomic mass is 19.3. The highest BCUT2D eigenvalue weighted by Crippen LogP contribution is 2.42. The molecule has 0 N–H and O–H groups in total. The Bertz CT molecular complexity index is 283. The van der Waals surface area contributed by atoms with Gasteiger partial charge in [-0.05, 0) is 18.3 Å². The third-order valence-electron chi connectivity index (χ3n) is 2.83. The minimum atomic E-state index is -4.06. The summed E-state index contributed by atoms with van der Waals surface area (Å²) in [4.78, 5) is 0. The highest BCUT2D eigenvalue weighted by molar-refractivity contribution is 4.83. The van der Waals surface area contributed by atoms with E-state index in [2.05, 4.69) is 0 Å². The molecule has 0 spiro atoms. The standard InChI is InChI=1S/C14H24F6/c1-10(2)5-6-12(15,16)8-14(19,20)9-13(17,18)7-11(3)4/h10-11H,5-9H2,1-4H3. The highest BCUT2D eigenvalue weighted by Gasteiger charge is 2.49. The molecule has 0 bridgehead atoms. The van der Waals surface area contributed by atoms with E-state index >= 15 is 0 Å². The van der Waals surface area contributed by atoms with Gasteiger partial charge in [0.05, 0.1) is 12.8 Å². The number of alkyl halides is 6. The van der Waals surface area contributed by atoms with Gasteiger partial charge < -0.3 is 0 Å². The smallest absolute Gasteiger partial charge is 0.207 e. The molecule has 0 heterocycles. The van der Waals surface area contributed by atoms with Gasteiger partial charge in [-0.3, -0.25) is 0 Å². The van der Waals surface area contributed by atoms with E-state index in [-0.39, 0.29) is 12.3 Å². The lowest BCUT2D eigenvalue weighted by molar-refractivity contribution is -0.162. The predicted octanol–water partition coefficient (Wildman–Crippen LogP) is 6.15. The van der Waals surface area contributed by atoms with Crippen LogP contribution in [0.4, 0.5) is 26.3 Å².